The lowest BCUT2D eigenvalue weighted by molar-refractivity contribution is 0.492. The maximum absolute atomic E-state index is 12.3. The van der Waals surface area contributed by atoms with Crippen molar-refractivity contribution in [2.45, 2.75) is 53.6 Å². The van der Waals surface area contributed by atoms with Gasteiger partial charge in [-0.1, -0.05) is 27.7 Å². The SMILES string of the molecule is CC(C)CC(C)Nc1c(N)n(CC(C)C)c(=O)n(C)c1=O. The first-order chi connectivity index (χ1) is 9.65. The molecule has 6 nitrogen and oxygen atoms in total. The molecule has 0 aromatic carbocycles. The highest BCUT2D eigenvalue weighted by Crippen LogP contribution is 2.16. The molecule has 21 heavy (non-hydrogen) atoms. The maximum Gasteiger partial charge on any atom is 0.332 e. The van der Waals surface area contributed by atoms with Gasteiger partial charge in [-0.15, -0.1) is 0 Å². The first-order valence-electron chi connectivity index (χ1n) is 7.50. The lowest BCUT2D eigenvalue weighted by atomic mass is 10.1. The monoisotopic (exact) mass is 296 g/mol. The number of nitrogens with two attached hydrogens (primary N) is 1. The molecule has 1 aromatic heterocycles. The van der Waals surface area contributed by atoms with E-state index in [1.54, 1.807) is 0 Å². The Morgan fingerprint density at radius 2 is 1.67 bits per heavy atom. The summed E-state index contributed by atoms with van der Waals surface area (Å²) in [5, 5.41) is 3.17. The van der Waals surface area contributed by atoms with Crippen molar-refractivity contribution in [1.29, 1.82) is 0 Å². The van der Waals surface area contributed by atoms with E-state index in [0.717, 1.165) is 11.0 Å². The lowest BCUT2D eigenvalue weighted by Crippen LogP contribution is -2.42. The molecule has 0 aliphatic heterocycles. The van der Waals surface area contributed by atoms with Crippen LogP contribution in [0.5, 0.6) is 0 Å². The molecule has 120 valence electrons. The van der Waals surface area contributed by atoms with Crippen LogP contribution in [0, 0.1) is 11.8 Å². The van der Waals surface area contributed by atoms with Crippen molar-refractivity contribution < 1.29 is 0 Å². The van der Waals surface area contributed by atoms with E-state index in [1.807, 2.05) is 20.8 Å². The Bertz CT molecular complexity index is 599. The van der Waals surface area contributed by atoms with Gasteiger partial charge in [0.2, 0.25) is 0 Å². The van der Waals surface area contributed by atoms with E-state index in [2.05, 4.69) is 19.2 Å². The molecular weight excluding hydrogens is 268 g/mol. The zero-order valence-corrected chi connectivity index (χ0v) is 13.9. The molecule has 1 aromatic rings. The predicted octanol–water partition coefficient (Wildman–Crippen LogP) is 1.63. The minimum absolute atomic E-state index is 0.116. The second-order valence-electron chi connectivity index (χ2n) is 6.59. The second kappa shape index (κ2) is 6.83. The van der Waals surface area contributed by atoms with Crippen molar-refractivity contribution in [1.82, 2.24) is 9.13 Å². The van der Waals surface area contributed by atoms with E-state index < -0.39 is 0 Å². The summed E-state index contributed by atoms with van der Waals surface area (Å²) in [6.07, 6.45) is 0.923. The largest absolute Gasteiger partial charge is 0.383 e. The van der Waals surface area contributed by atoms with Crippen molar-refractivity contribution in [3.8, 4) is 0 Å². The molecule has 0 saturated carbocycles. The molecule has 0 saturated heterocycles. The molecule has 0 amide bonds. The lowest BCUT2D eigenvalue weighted by Gasteiger charge is -2.21. The third-order valence-electron chi connectivity index (χ3n) is 3.35. The summed E-state index contributed by atoms with van der Waals surface area (Å²) in [5.74, 6) is 1.01. The van der Waals surface area contributed by atoms with Crippen molar-refractivity contribution in [3.63, 3.8) is 0 Å². The number of hydrogen-bond acceptors (Lipinski definition) is 4. The summed E-state index contributed by atoms with van der Waals surface area (Å²) in [6.45, 7) is 10.8. The van der Waals surface area contributed by atoms with Gasteiger partial charge >= 0.3 is 5.69 Å². The Balaban J connectivity index is 3.29. The standard InChI is InChI=1S/C15H28N4O2/c1-9(2)7-11(5)17-12-13(16)19(8-10(3)4)15(21)18(6)14(12)20/h9-11,17H,7-8,16H2,1-6H3. The van der Waals surface area contributed by atoms with Crippen molar-refractivity contribution in [2.75, 3.05) is 11.1 Å². The zero-order valence-electron chi connectivity index (χ0n) is 13.9. The second-order valence-corrected chi connectivity index (χ2v) is 6.59. The van der Waals surface area contributed by atoms with Crippen LogP contribution in [0.4, 0.5) is 11.5 Å². The fourth-order valence-electron chi connectivity index (χ4n) is 2.47. The average molecular weight is 296 g/mol. The molecule has 0 aliphatic rings. The van der Waals surface area contributed by atoms with Crippen LogP contribution in [0.2, 0.25) is 0 Å². The highest BCUT2D eigenvalue weighted by molar-refractivity contribution is 5.61. The molecule has 1 heterocycles. The van der Waals surface area contributed by atoms with Gasteiger partial charge in [-0.2, -0.15) is 0 Å². The molecule has 0 spiro atoms. The van der Waals surface area contributed by atoms with E-state index in [4.69, 9.17) is 5.73 Å². The van der Waals surface area contributed by atoms with Gasteiger partial charge in [0, 0.05) is 19.6 Å². The van der Waals surface area contributed by atoms with Crippen LogP contribution >= 0.6 is 0 Å². The van der Waals surface area contributed by atoms with Gasteiger partial charge in [0.05, 0.1) is 0 Å². The minimum Gasteiger partial charge on any atom is -0.383 e. The number of nitrogens with zero attached hydrogens (tertiary/aromatic N) is 2. The van der Waals surface area contributed by atoms with Gasteiger partial charge < -0.3 is 11.1 Å². The van der Waals surface area contributed by atoms with Crippen LogP contribution in [0.15, 0.2) is 9.59 Å². The van der Waals surface area contributed by atoms with Crippen LogP contribution in [0.1, 0.15) is 41.0 Å². The number of hydrogen-bond donors (Lipinski definition) is 2. The molecule has 0 fully saturated rings. The van der Waals surface area contributed by atoms with Gasteiger partial charge in [-0.05, 0) is 25.2 Å². The molecule has 0 bridgehead atoms. The maximum atomic E-state index is 12.3. The summed E-state index contributed by atoms with van der Waals surface area (Å²) in [7, 11) is 1.49. The van der Waals surface area contributed by atoms with Crippen molar-refractivity contribution >= 4 is 11.5 Å². The van der Waals surface area contributed by atoms with E-state index in [1.165, 1.54) is 11.6 Å². The Kier molecular flexibility index (Phi) is 5.63. The van der Waals surface area contributed by atoms with Crippen molar-refractivity contribution in [3.05, 3.63) is 20.8 Å². The molecule has 0 aliphatic carbocycles. The van der Waals surface area contributed by atoms with Gasteiger partial charge in [-0.3, -0.25) is 13.9 Å². The molecule has 1 unspecified atom stereocenters. The van der Waals surface area contributed by atoms with Gasteiger partial charge in [0.1, 0.15) is 11.5 Å². The van der Waals surface area contributed by atoms with E-state index >= 15 is 0 Å². The topological polar surface area (TPSA) is 82.0 Å². The Hall–Kier alpha value is -1.72. The smallest absolute Gasteiger partial charge is 0.332 e. The molecule has 1 atom stereocenters. The molecule has 6 heteroatoms. The number of rotatable bonds is 6. The highest BCUT2D eigenvalue weighted by Gasteiger charge is 2.17. The van der Waals surface area contributed by atoms with E-state index in [9.17, 15) is 9.59 Å². The number of nitrogen functional groups attached to an aromatic ring is 1. The number of anilines is 2. The highest BCUT2D eigenvalue weighted by atomic mass is 16.2. The van der Waals surface area contributed by atoms with Gasteiger partial charge in [-0.25, -0.2) is 4.79 Å². The van der Waals surface area contributed by atoms with E-state index in [0.29, 0.717) is 18.2 Å². The first-order valence-corrected chi connectivity index (χ1v) is 7.50. The third-order valence-corrected chi connectivity index (χ3v) is 3.35. The Morgan fingerprint density at radius 3 is 2.14 bits per heavy atom. The Labute approximate surface area is 126 Å². The third kappa shape index (κ3) is 4.12. The van der Waals surface area contributed by atoms with Crippen LogP contribution in [-0.4, -0.2) is 15.2 Å². The van der Waals surface area contributed by atoms with Crippen LogP contribution in [0.25, 0.3) is 0 Å². The van der Waals surface area contributed by atoms with Crippen LogP contribution in [0.3, 0.4) is 0 Å². The van der Waals surface area contributed by atoms with E-state index in [-0.39, 0.29) is 29.0 Å². The number of aromatic nitrogens is 2. The van der Waals surface area contributed by atoms with Crippen molar-refractivity contribution in [2.24, 2.45) is 18.9 Å². The minimum atomic E-state index is -0.367. The van der Waals surface area contributed by atoms with Crippen LogP contribution in [-0.2, 0) is 13.6 Å². The quantitative estimate of drug-likeness (QED) is 0.836. The zero-order chi connectivity index (χ0) is 16.3. The Morgan fingerprint density at radius 1 is 1.10 bits per heavy atom. The summed E-state index contributed by atoms with van der Waals surface area (Å²) < 4.78 is 2.58. The van der Waals surface area contributed by atoms with Gasteiger partial charge in [0.15, 0.2) is 0 Å². The summed E-state index contributed by atoms with van der Waals surface area (Å²) in [6, 6.07) is 0.116. The summed E-state index contributed by atoms with van der Waals surface area (Å²) in [5.41, 5.74) is 5.66. The normalized spacial score (nSPS) is 13.0. The summed E-state index contributed by atoms with van der Waals surface area (Å²) in [4.78, 5) is 24.5. The summed E-state index contributed by atoms with van der Waals surface area (Å²) >= 11 is 0. The first kappa shape index (κ1) is 17.3. The average Bonchev–Trinajstić information content (AvgIpc) is 2.36. The fourth-order valence-corrected chi connectivity index (χ4v) is 2.47. The molecular formula is C15H28N4O2. The van der Waals surface area contributed by atoms with Crippen LogP contribution < -0.4 is 22.3 Å². The molecule has 1 rings (SSSR count). The number of nitrogens with one attached hydrogen (secondary N) is 1. The fraction of sp³-hybridized carbons (Fsp3) is 0.733. The van der Waals surface area contributed by atoms with Gasteiger partial charge in [0.25, 0.3) is 5.56 Å². The molecule has 0 radical (unpaired) electrons. The molecule has 3 N–H and O–H groups in total. The predicted molar refractivity (Wildman–Crippen MR) is 87.7 cm³/mol.